The van der Waals surface area contributed by atoms with Crippen LogP contribution in [0.25, 0.3) is 0 Å². The molecule has 1 aromatic heterocycles. The molecule has 4 nitrogen and oxygen atoms in total. The number of aryl methyl sites for hydroxylation is 1. The van der Waals surface area contributed by atoms with Gasteiger partial charge in [0.1, 0.15) is 0 Å². The van der Waals surface area contributed by atoms with E-state index < -0.39 is 0 Å². The lowest BCUT2D eigenvalue weighted by molar-refractivity contribution is 0.423. The number of nitrogens with zero attached hydrogens (tertiary/aromatic N) is 3. The lowest BCUT2D eigenvalue weighted by Gasteiger charge is -2.21. The quantitative estimate of drug-likeness (QED) is 0.869. The van der Waals surface area contributed by atoms with Crippen LogP contribution in [0.5, 0.6) is 0 Å². The molecule has 0 saturated heterocycles. The fourth-order valence-corrected chi connectivity index (χ4v) is 1.34. The first-order valence-corrected chi connectivity index (χ1v) is 6.12. The highest BCUT2D eigenvalue weighted by molar-refractivity contribution is 5.31. The SMILES string of the molecule is CCN(C)c1ncc(CNC(C)(C)C)c(C)n1. The van der Waals surface area contributed by atoms with Crippen LogP contribution < -0.4 is 10.2 Å². The molecule has 0 unspecified atom stereocenters. The van der Waals surface area contributed by atoms with Gasteiger partial charge in [-0.2, -0.15) is 0 Å². The van der Waals surface area contributed by atoms with Gasteiger partial charge in [-0.3, -0.25) is 0 Å². The molecule has 1 aromatic rings. The Morgan fingerprint density at radius 2 is 2.00 bits per heavy atom. The molecular weight excluding hydrogens is 212 g/mol. The van der Waals surface area contributed by atoms with Crippen LogP contribution in [0, 0.1) is 6.92 Å². The van der Waals surface area contributed by atoms with E-state index in [9.17, 15) is 0 Å². The van der Waals surface area contributed by atoms with E-state index in [0.717, 1.165) is 30.3 Å². The fourth-order valence-electron chi connectivity index (χ4n) is 1.34. The molecule has 0 radical (unpaired) electrons. The van der Waals surface area contributed by atoms with Gasteiger partial charge in [-0.1, -0.05) is 0 Å². The van der Waals surface area contributed by atoms with E-state index in [0.29, 0.717) is 0 Å². The highest BCUT2D eigenvalue weighted by Crippen LogP contribution is 2.11. The average molecular weight is 236 g/mol. The Bertz CT molecular complexity index is 368. The lowest BCUT2D eigenvalue weighted by atomic mass is 10.1. The van der Waals surface area contributed by atoms with Crippen molar-refractivity contribution in [1.29, 1.82) is 0 Å². The van der Waals surface area contributed by atoms with Crippen molar-refractivity contribution in [3.05, 3.63) is 17.5 Å². The van der Waals surface area contributed by atoms with Crippen molar-refractivity contribution in [3.63, 3.8) is 0 Å². The van der Waals surface area contributed by atoms with Gasteiger partial charge in [0, 0.05) is 43.1 Å². The summed E-state index contributed by atoms with van der Waals surface area (Å²) in [6.07, 6.45) is 1.92. The van der Waals surface area contributed by atoms with Gasteiger partial charge in [0.05, 0.1) is 0 Å². The molecule has 0 saturated carbocycles. The number of nitrogens with one attached hydrogen (secondary N) is 1. The first-order valence-electron chi connectivity index (χ1n) is 6.12. The number of anilines is 1. The zero-order valence-electron chi connectivity index (χ0n) is 11.8. The minimum absolute atomic E-state index is 0.116. The van der Waals surface area contributed by atoms with Crippen molar-refractivity contribution in [2.24, 2.45) is 0 Å². The normalized spacial score (nSPS) is 11.6. The Labute approximate surface area is 104 Å². The first-order chi connectivity index (χ1) is 7.83. The van der Waals surface area contributed by atoms with Crippen LogP contribution in [0.3, 0.4) is 0 Å². The topological polar surface area (TPSA) is 41.1 Å². The summed E-state index contributed by atoms with van der Waals surface area (Å²) in [6, 6.07) is 0. The van der Waals surface area contributed by atoms with E-state index in [-0.39, 0.29) is 5.54 Å². The summed E-state index contributed by atoms with van der Waals surface area (Å²) in [4.78, 5) is 10.9. The summed E-state index contributed by atoms with van der Waals surface area (Å²) in [7, 11) is 2.00. The Morgan fingerprint density at radius 1 is 1.35 bits per heavy atom. The standard InChI is InChI=1S/C13H24N4/c1-7-17(6)12-14-8-11(10(2)16-12)9-15-13(3,4)5/h8,15H,7,9H2,1-6H3. The maximum absolute atomic E-state index is 4.52. The minimum Gasteiger partial charge on any atom is -0.344 e. The van der Waals surface area contributed by atoms with Crippen molar-refractivity contribution in [3.8, 4) is 0 Å². The van der Waals surface area contributed by atoms with Crippen LogP contribution in [0.2, 0.25) is 0 Å². The van der Waals surface area contributed by atoms with Crippen LogP contribution in [0.4, 0.5) is 5.95 Å². The second-order valence-corrected chi connectivity index (χ2v) is 5.40. The van der Waals surface area contributed by atoms with E-state index in [1.807, 2.05) is 25.1 Å². The zero-order valence-corrected chi connectivity index (χ0v) is 11.8. The summed E-state index contributed by atoms with van der Waals surface area (Å²) >= 11 is 0. The van der Waals surface area contributed by atoms with E-state index in [4.69, 9.17) is 0 Å². The smallest absolute Gasteiger partial charge is 0.225 e. The van der Waals surface area contributed by atoms with Crippen LogP contribution in [-0.2, 0) is 6.54 Å². The van der Waals surface area contributed by atoms with Gasteiger partial charge in [0.25, 0.3) is 0 Å². The minimum atomic E-state index is 0.116. The Morgan fingerprint density at radius 3 is 2.47 bits per heavy atom. The maximum atomic E-state index is 4.52. The molecule has 0 fully saturated rings. The molecule has 96 valence electrons. The maximum Gasteiger partial charge on any atom is 0.225 e. The summed E-state index contributed by atoms with van der Waals surface area (Å²) in [5, 5.41) is 3.45. The predicted molar refractivity (Wildman–Crippen MR) is 72.3 cm³/mol. The van der Waals surface area contributed by atoms with E-state index in [2.05, 4.69) is 43.0 Å². The van der Waals surface area contributed by atoms with Gasteiger partial charge >= 0.3 is 0 Å². The molecule has 0 aliphatic rings. The molecule has 0 spiro atoms. The monoisotopic (exact) mass is 236 g/mol. The van der Waals surface area contributed by atoms with Crippen molar-refractivity contribution < 1.29 is 0 Å². The zero-order chi connectivity index (χ0) is 13.1. The van der Waals surface area contributed by atoms with E-state index in [1.54, 1.807) is 0 Å². The molecule has 0 aliphatic heterocycles. The highest BCUT2D eigenvalue weighted by atomic mass is 15.2. The Hall–Kier alpha value is -1.16. The second-order valence-electron chi connectivity index (χ2n) is 5.40. The third-order valence-corrected chi connectivity index (χ3v) is 2.69. The van der Waals surface area contributed by atoms with Gasteiger partial charge in [0.15, 0.2) is 0 Å². The van der Waals surface area contributed by atoms with Gasteiger partial charge in [0.2, 0.25) is 5.95 Å². The second kappa shape index (κ2) is 5.45. The van der Waals surface area contributed by atoms with Crippen LogP contribution in [0.1, 0.15) is 39.0 Å². The summed E-state index contributed by atoms with van der Waals surface area (Å²) in [5.74, 6) is 0.796. The summed E-state index contributed by atoms with van der Waals surface area (Å²) in [6.45, 7) is 12.3. The first kappa shape index (κ1) is 13.9. The van der Waals surface area contributed by atoms with Crippen LogP contribution in [-0.4, -0.2) is 29.1 Å². The molecule has 0 amide bonds. The third-order valence-electron chi connectivity index (χ3n) is 2.69. The highest BCUT2D eigenvalue weighted by Gasteiger charge is 2.11. The largest absolute Gasteiger partial charge is 0.344 e. The van der Waals surface area contributed by atoms with Crippen molar-refractivity contribution in [2.45, 2.75) is 46.7 Å². The number of rotatable bonds is 4. The number of hydrogen-bond donors (Lipinski definition) is 1. The Kier molecular flexibility index (Phi) is 4.46. The van der Waals surface area contributed by atoms with Crippen molar-refractivity contribution >= 4 is 5.95 Å². The molecule has 4 heteroatoms. The van der Waals surface area contributed by atoms with Crippen LogP contribution >= 0.6 is 0 Å². The summed E-state index contributed by atoms with van der Waals surface area (Å²) < 4.78 is 0. The fraction of sp³-hybridized carbons (Fsp3) is 0.692. The van der Waals surface area contributed by atoms with Gasteiger partial charge < -0.3 is 10.2 Å². The molecule has 0 atom stereocenters. The molecule has 0 bridgehead atoms. The average Bonchev–Trinajstić information content (AvgIpc) is 2.25. The molecular formula is C13H24N4. The van der Waals surface area contributed by atoms with Gasteiger partial charge in [-0.15, -0.1) is 0 Å². The Balaban J connectivity index is 2.76. The van der Waals surface area contributed by atoms with Crippen molar-refractivity contribution in [1.82, 2.24) is 15.3 Å². The number of aromatic nitrogens is 2. The van der Waals surface area contributed by atoms with E-state index >= 15 is 0 Å². The molecule has 17 heavy (non-hydrogen) atoms. The van der Waals surface area contributed by atoms with Gasteiger partial charge in [-0.05, 0) is 34.6 Å². The van der Waals surface area contributed by atoms with Crippen molar-refractivity contribution in [2.75, 3.05) is 18.5 Å². The molecule has 1 N–H and O–H groups in total. The van der Waals surface area contributed by atoms with Crippen LogP contribution in [0.15, 0.2) is 6.20 Å². The molecule has 1 heterocycles. The predicted octanol–water partition coefficient (Wildman–Crippen LogP) is 2.13. The van der Waals surface area contributed by atoms with Gasteiger partial charge in [-0.25, -0.2) is 9.97 Å². The molecule has 1 rings (SSSR count). The summed E-state index contributed by atoms with van der Waals surface area (Å²) in [5.41, 5.74) is 2.32. The van der Waals surface area contributed by atoms with E-state index in [1.165, 1.54) is 0 Å². The number of hydrogen-bond acceptors (Lipinski definition) is 4. The molecule has 0 aromatic carbocycles. The third kappa shape index (κ3) is 4.30. The molecule has 0 aliphatic carbocycles. The lowest BCUT2D eigenvalue weighted by Crippen LogP contribution is -2.35.